The number of aromatic amines is 1. The zero-order valence-corrected chi connectivity index (χ0v) is 18.7. The number of hydrogen-bond acceptors (Lipinski definition) is 6. The molecule has 0 saturated heterocycles. The molecule has 0 unspecified atom stereocenters. The van der Waals surface area contributed by atoms with Gasteiger partial charge in [0.1, 0.15) is 5.02 Å². The van der Waals surface area contributed by atoms with Gasteiger partial charge in [-0.3, -0.25) is 14.9 Å². The summed E-state index contributed by atoms with van der Waals surface area (Å²) in [5.41, 5.74) is 1.18. The molecule has 3 aromatic rings. The number of hydrogen-bond donors (Lipinski definition) is 4. The summed E-state index contributed by atoms with van der Waals surface area (Å²) < 4.78 is 1.33. The Hall–Kier alpha value is -3.67. The lowest BCUT2D eigenvalue weighted by molar-refractivity contribution is -0.384. The Morgan fingerprint density at radius 1 is 1.22 bits per heavy atom. The minimum atomic E-state index is -0.546. The van der Waals surface area contributed by atoms with E-state index in [-0.39, 0.29) is 47.2 Å². The van der Waals surface area contributed by atoms with Crippen molar-refractivity contribution in [3.05, 3.63) is 39.0 Å². The molecule has 3 rings (SSSR count). The molecule has 0 fully saturated rings. The number of nitro benzene ring substituents is 1. The van der Waals surface area contributed by atoms with E-state index < -0.39 is 11.0 Å². The summed E-state index contributed by atoms with van der Waals surface area (Å²) in [7, 11) is 0. The molecule has 0 aliphatic carbocycles. The maximum absolute atomic E-state index is 12.3. The van der Waals surface area contributed by atoms with Crippen LogP contribution in [0.4, 0.5) is 16.2 Å². The van der Waals surface area contributed by atoms with E-state index >= 15 is 0 Å². The van der Waals surface area contributed by atoms with Gasteiger partial charge in [-0.1, -0.05) is 32.4 Å². The summed E-state index contributed by atoms with van der Waals surface area (Å²) in [5, 5.41) is 28.2. The Kier molecular flexibility index (Phi) is 6.35. The highest BCUT2D eigenvalue weighted by molar-refractivity contribution is 6.34. The molecule has 13 heteroatoms. The van der Waals surface area contributed by atoms with Crippen molar-refractivity contribution in [1.29, 1.82) is 0 Å². The summed E-state index contributed by atoms with van der Waals surface area (Å²) in [4.78, 5) is 36.9. The van der Waals surface area contributed by atoms with Crippen molar-refractivity contribution < 1.29 is 14.5 Å². The van der Waals surface area contributed by atoms with Crippen LogP contribution in [-0.2, 0) is 10.2 Å². The van der Waals surface area contributed by atoms with E-state index in [1.54, 1.807) is 0 Å². The van der Waals surface area contributed by atoms with Crippen LogP contribution in [0.25, 0.3) is 17.0 Å². The number of rotatable bonds is 6. The smallest absolute Gasteiger partial charge is 0.319 e. The maximum atomic E-state index is 12.3. The molecule has 12 nitrogen and oxygen atoms in total. The molecule has 1 aromatic carbocycles. The molecule has 32 heavy (non-hydrogen) atoms. The zero-order chi connectivity index (χ0) is 23.6. The normalized spacial score (nSPS) is 11.4. The minimum Gasteiger partial charge on any atom is -0.355 e. The van der Waals surface area contributed by atoms with Crippen LogP contribution >= 0.6 is 11.6 Å². The lowest BCUT2D eigenvalue weighted by Gasteiger charge is -2.14. The van der Waals surface area contributed by atoms with Crippen molar-refractivity contribution in [2.24, 2.45) is 0 Å². The fourth-order valence-electron chi connectivity index (χ4n) is 2.93. The third kappa shape index (κ3) is 4.97. The molecule has 170 valence electrons. The Morgan fingerprint density at radius 3 is 2.50 bits per heavy atom. The number of non-ortho nitro benzene ring substituents is 1. The van der Waals surface area contributed by atoms with Gasteiger partial charge in [0.25, 0.3) is 5.69 Å². The van der Waals surface area contributed by atoms with Crippen molar-refractivity contribution in [1.82, 2.24) is 30.4 Å². The first-order valence-electron chi connectivity index (χ1n) is 9.70. The van der Waals surface area contributed by atoms with Gasteiger partial charge in [-0.15, -0.1) is 9.73 Å². The predicted octanol–water partition coefficient (Wildman–Crippen LogP) is 2.84. The number of carbonyl (C=O) groups is 2. The predicted molar refractivity (Wildman–Crippen MR) is 119 cm³/mol. The van der Waals surface area contributed by atoms with E-state index in [1.807, 2.05) is 20.8 Å². The highest BCUT2D eigenvalue weighted by Gasteiger charge is 2.26. The largest absolute Gasteiger partial charge is 0.355 e. The Labute approximate surface area is 187 Å². The number of benzene rings is 1. The second-order valence-electron chi connectivity index (χ2n) is 8.08. The van der Waals surface area contributed by atoms with Crippen LogP contribution < -0.4 is 16.0 Å². The number of H-pyrrole nitrogens is 1. The third-order valence-corrected chi connectivity index (χ3v) is 4.81. The van der Waals surface area contributed by atoms with E-state index in [2.05, 4.69) is 31.1 Å². The van der Waals surface area contributed by atoms with Gasteiger partial charge < -0.3 is 20.9 Å². The first kappa shape index (κ1) is 23.0. The van der Waals surface area contributed by atoms with Gasteiger partial charge in [-0.25, -0.2) is 4.79 Å². The Bertz CT molecular complexity index is 1190. The molecule has 0 spiro atoms. The molecule has 0 bridgehead atoms. The topological polar surface area (TPSA) is 159 Å². The number of nitrogens with zero attached hydrogens (tertiary/aromatic N) is 4. The average Bonchev–Trinajstić information content (AvgIpc) is 3.24. The van der Waals surface area contributed by atoms with E-state index in [9.17, 15) is 19.7 Å². The molecule has 0 aliphatic heterocycles. The van der Waals surface area contributed by atoms with E-state index in [0.717, 1.165) is 0 Å². The number of urea groups is 1. The lowest BCUT2D eigenvalue weighted by atomic mass is 9.92. The highest BCUT2D eigenvalue weighted by atomic mass is 35.5. The summed E-state index contributed by atoms with van der Waals surface area (Å²) in [6.07, 6.45) is 0. The average molecular weight is 463 g/mol. The monoisotopic (exact) mass is 462 g/mol. The van der Waals surface area contributed by atoms with Gasteiger partial charge in [-0.2, -0.15) is 5.10 Å². The standard InChI is InChI=1S/C19H23ClN8O4/c1-10(29)21-7-8-22-18(30)23-13-6-5-11(28(31)32)9-12(13)16-24-17-14(20)15(19(2,3)4)25-27(17)26-16/h5-6,9H,7-8H2,1-4H3,(H,21,29)(H,24,26)(H2,22,23,30). The zero-order valence-electron chi connectivity index (χ0n) is 17.9. The fraction of sp³-hybridized carbons (Fsp3) is 0.368. The first-order valence-corrected chi connectivity index (χ1v) is 10.1. The Balaban J connectivity index is 1.92. The number of fused-ring (bicyclic) bond motifs is 1. The molecule has 4 N–H and O–H groups in total. The van der Waals surface area contributed by atoms with Gasteiger partial charge in [0, 0.05) is 43.1 Å². The molecule has 2 heterocycles. The van der Waals surface area contributed by atoms with E-state index in [4.69, 9.17) is 11.6 Å². The van der Waals surface area contributed by atoms with Crippen molar-refractivity contribution in [2.75, 3.05) is 18.4 Å². The SMILES string of the molecule is CC(=O)NCCNC(=O)Nc1ccc([N+](=O)[O-])cc1-c1nn2nc(C(C)(C)C)c(Cl)c2[nH]1. The van der Waals surface area contributed by atoms with Crippen molar-refractivity contribution in [2.45, 2.75) is 33.1 Å². The molecular weight excluding hydrogens is 440 g/mol. The fourth-order valence-corrected chi connectivity index (χ4v) is 3.37. The van der Waals surface area contributed by atoms with Gasteiger partial charge in [0.2, 0.25) is 5.91 Å². The third-order valence-electron chi connectivity index (χ3n) is 4.45. The second kappa shape index (κ2) is 8.83. The molecule has 0 aliphatic rings. The van der Waals surface area contributed by atoms with Crippen LogP contribution in [0.3, 0.4) is 0 Å². The van der Waals surface area contributed by atoms with Crippen molar-refractivity contribution in [3.8, 4) is 11.4 Å². The van der Waals surface area contributed by atoms with Crippen LogP contribution in [0, 0.1) is 10.1 Å². The van der Waals surface area contributed by atoms with Crippen LogP contribution in [-0.4, -0.2) is 49.8 Å². The minimum absolute atomic E-state index is 0.174. The molecule has 2 aromatic heterocycles. The number of halogens is 1. The molecule has 3 amide bonds. The molecular formula is C19H23ClN8O4. The summed E-state index contributed by atoms with van der Waals surface area (Å²) in [5.74, 6) is 0.0353. The van der Waals surface area contributed by atoms with Crippen molar-refractivity contribution >= 4 is 40.6 Å². The van der Waals surface area contributed by atoms with Gasteiger partial charge in [-0.05, 0) is 6.07 Å². The van der Waals surface area contributed by atoms with Crippen LogP contribution in [0.15, 0.2) is 18.2 Å². The Morgan fingerprint density at radius 2 is 1.91 bits per heavy atom. The quantitative estimate of drug-likeness (QED) is 0.250. The van der Waals surface area contributed by atoms with Gasteiger partial charge in [0.15, 0.2) is 11.5 Å². The van der Waals surface area contributed by atoms with Crippen LogP contribution in [0.2, 0.25) is 5.02 Å². The number of amides is 3. The molecule has 0 radical (unpaired) electrons. The number of aromatic nitrogens is 4. The maximum Gasteiger partial charge on any atom is 0.319 e. The highest BCUT2D eigenvalue weighted by Crippen LogP contribution is 2.34. The van der Waals surface area contributed by atoms with E-state index in [1.165, 1.54) is 29.8 Å². The number of nitrogens with one attached hydrogen (secondary N) is 4. The lowest BCUT2D eigenvalue weighted by Crippen LogP contribution is -2.36. The molecule has 0 atom stereocenters. The van der Waals surface area contributed by atoms with Crippen LogP contribution in [0.5, 0.6) is 0 Å². The molecule has 0 saturated carbocycles. The first-order chi connectivity index (χ1) is 15.0. The van der Waals surface area contributed by atoms with Gasteiger partial charge in [0.05, 0.1) is 16.3 Å². The van der Waals surface area contributed by atoms with Crippen LogP contribution in [0.1, 0.15) is 33.4 Å². The number of nitro groups is 1. The van der Waals surface area contributed by atoms with Gasteiger partial charge >= 0.3 is 6.03 Å². The summed E-state index contributed by atoms with van der Waals surface area (Å²) in [6, 6.07) is 3.43. The summed E-state index contributed by atoms with van der Waals surface area (Å²) >= 11 is 6.47. The summed E-state index contributed by atoms with van der Waals surface area (Å²) in [6.45, 7) is 7.74. The van der Waals surface area contributed by atoms with Crippen molar-refractivity contribution in [3.63, 3.8) is 0 Å². The van der Waals surface area contributed by atoms with E-state index in [0.29, 0.717) is 16.4 Å². The second-order valence-corrected chi connectivity index (χ2v) is 8.45. The number of anilines is 1. The number of carbonyl (C=O) groups excluding carboxylic acids is 2.